The highest BCUT2D eigenvalue weighted by Crippen LogP contribution is 2.40. The van der Waals surface area contributed by atoms with Gasteiger partial charge in [-0.1, -0.05) is 76.9 Å². The van der Waals surface area contributed by atoms with Gasteiger partial charge in [0.2, 0.25) is 0 Å². The summed E-state index contributed by atoms with van der Waals surface area (Å²) in [6, 6.07) is 12.5. The van der Waals surface area contributed by atoms with Gasteiger partial charge in [0, 0.05) is 24.2 Å². The van der Waals surface area contributed by atoms with Gasteiger partial charge < -0.3 is 14.9 Å². The lowest BCUT2D eigenvalue weighted by atomic mass is 9.93. The molecule has 3 rings (SSSR count). The summed E-state index contributed by atoms with van der Waals surface area (Å²) in [7, 11) is 0. The van der Waals surface area contributed by atoms with Gasteiger partial charge in [-0.05, 0) is 55.9 Å². The number of carbonyl (C=O) groups is 2. The minimum absolute atomic E-state index is 0.0355. The second-order valence-corrected chi connectivity index (χ2v) is 10.5. The Bertz CT molecular complexity index is 1180. The Morgan fingerprint density at radius 1 is 1.00 bits per heavy atom. The zero-order chi connectivity index (χ0) is 28.5. The number of hydrogen-bond donors (Lipinski definition) is 1. The van der Waals surface area contributed by atoms with Crippen molar-refractivity contribution < 1.29 is 19.6 Å². The van der Waals surface area contributed by atoms with Gasteiger partial charge in [0.05, 0.1) is 16.5 Å². The predicted octanol–water partition coefficient (Wildman–Crippen LogP) is 6.43. The first-order valence-electron chi connectivity index (χ1n) is 14.0. The van der Waals surface area contributed by atoms with Crippen molar-refractivity contribution in [1.29, 1.82) is 0 Å². The third-order valence-electron chi connectivity index (χ3n) is 7.32. The molecule has 1 atom stereocenters. The number of amides is 1. The first kappa shape index (κ1) is 30.0. The van der Waals surface area contributed by atoms with E-state index in [0.29, 0.717) is 18.9 Å². The topological polar surface area (TPSA) is 104 Å². The molecule has 0 aliphatic carbocycles. The SMILES string of the molecule is CCCCN(CCCC)CCCN1C(=O)C(=O)/C(=C(\O)c2cccc([N+](=O)[O-])c2)C1c1ccc(C(C)C)cc1. The van der Waals surface area contributed by atoms with E-state index in [1.165, 1.54) is 24.3 Å². The molecule has 8 nitrogen and oxygen atoms in total. The van der Waals surface area contributed by atoms with Crippen LogP contribution in [-0.2, 0) is 9.59 Å². The number of ketones is 1. The molecule has 2 aromatic carbocycles. The van der Waals surface area contributed by atoms with Crippen molar-refractivity contribution in [2.24, 2.45) is 0 Å². The number of nitrogens with zero attached hydrogens (tertiary/aromatic N) is 3. The molecule has 0 spiro atoms. The van der Waals surface area contributed by atoms with Crippen molar-refractivity contribution in [3.63, 3.8) is 0 Å². The fraction of sp³-hybridized carbons (Fsp3) is 0.484. The molecule has 1 N–H and O–H groups in total. The molecule has 0 saturated carbocycles. The summed E-state index contributed by atoms with van der Waals surface area (Å²) in [6.07, 6.45) is 5.14. The van der Waals surface area contributed by atoms with Crippen LogP contribution in [0, 0.1) is 10.1 Å². The Morgan fingerprint density at radius 3 is 2.18 bits per heavy atom. The summed E-state index contributed by atoms with van der Waals surface area (Å²) in [5.41, 5.74) is 1.74. The van der Waals surface area contributed by atoms with Crippen LogP contribution in [0.3, 0.4) is 0 Å². The lowest BCUT2D eigenvalue weighted by Gasteiger charge is -2.27. The molecule has 8 heteroatoms. The fourth-order valence-corrected chi connectivity index (χ4v) is 5.01. The van der Waals surface area contributed by atoms with Crippen molar-refractivity contribution in [2.45, 2.75) is 71.8 Å². The van der Waals surface area contributed by atoms with E-state index in [-0.39, 0.29) is 16.8 Å². The Labute approximate surface area is 231 Å². The van der Waals surface area contributed by atoms with Gasteiger partial charge in [-0.2, -0.15) is 0 Å². The number of carbonyl (C=O) groups excluding carboxylic acids is 2. The predicted molar refractivity (Wildman–Crippen MR) is 154 cm³/mol. The average Bonchev–Trinajstić information content (AvgIpc) is 3.18. The van der Waals surface area contributed by atoms with Crippen molar-refractivity contribution in [3.05, 3.63) is 80.9 Å². The Balaban J connectivity index is 1.98. The van der Waals surface area contributed by atoms with Gasteiger partial charge in [0.1, 0.15) is 5.76 Å². The maximum Gasteiger partial charge on any atom is 0.295 e. The number of benzene rings is 2. The highest BCUT2D eigenvalue weighted by molar-refractivity contribution is 6.46. The summed E-state index contributed by atoms with van der Waals surface area (Å²) in [6.45, 7) is 11.7. The molecule has 0 aromatic heterocycles. The van der Waals surface area contributed by atoms with Crippen LogP contribution in [0.5, 0.6) is 0 Å². The monoisotopic (exact) mass is 535 g/mol. The van der Waals surface area contributed by atoms with Gasteiger partial charge in [-0.15, -0.1) is 0 Å². The van der Waals surface area contributed by atoms with Gasteiger partial charge >= 0.3 is 0 Å². The molecule has 1 aliphatic heterocycles. The summed E-state index contributed by atoms with van der Waals surface area (Å²) in [5.74, 6) is -1.52. The van der Waals surface area contributed by atoms with Crippen molar-refractivity contribution in [3.8, 4) is 0 Å². The van der Waals surface area contributed by atoms with Gasteiger partial charge in [0.15, 0.2) is 0 Å². The third kappa shape index (κ3) is 7.32. The Morgan fingerprint density at radius 2 is 1.62 bits per heavy atom. The maximum absolute atomic E-state index is 13.3. The number of likely N-dealkylation sites (tertiary alicyclic amines) is 1. The Hall–Kier alpha value is -3.52. The van der Waals surface area contributed by atoms with E-state index in [0.717, 1.165) is 56.4 Å². The number of rotatable bonds is 14. The second kappa shape index (κ2) is 14.0. The van der Waals surface area contributed by atoms with Crippen LogP contribution in [0.1, 0.15) is 88.4 Å². The van der Waals surface area contributed by atoms with Crippen LogP contribution in [-0.4, -0.2) is 57.7 Å². The smallest absolute Gasteiger partial charge is 0.295 e. The molecule has 2 aromatic rings. The fourth-order valence-electron chi connectivity index (χ4n) is 5.01. The normalized spacial score (nSPS) is 17.0. The molecule has 39 heavy (non-hydrogen) atoms. The summed E-state index contributed by atoms with van der Waals surface area (Å²) >= 11 is 0. The number of Topliss-reactive ketones (excluding diaryl/α,β-unsaturated/α-hetero) is 1. The number of nitro groups is 1. The van der Waals surface area contributed by atoms with E-state index in [1.807, 2.05) is 24.3 Å². The Kier molecular flexibility index (Phi) is 10.8. The van der Waals surface area contributed by atoms with Crippen LogP contribution >= 0.6 is 0 Å². The maximum atomic E-state index is 13.3. The molecule has 1 saturated heterocycles. The molecule has 0 bridgehead atoms. The number of aliphatic hydroxyl groups excluding tert-OH is 1. The number of aliphatic hydroxyl groups is 1. The van der Waals surface area contributed by atoms with E-state index in [1.54, 1.807) is 4.90 Å². The minimum Gasteiger partial charge on any atom is -0.507 e. The van der Waals surface area contributed by atoms with Gasteiger partial charge in [-0.3, -0.25) is 19.7 Å². The van der Waals surface area contributed by atoms with Crippen LogP contribution in [0.15, 0.2) is 54.1 Å². The summed E-state index contributed by atoms with van der Waals surface area (Å²) in [5, 5.41) is 22.6. The van der Waals surface area contributed by atoms with Crippen LogP contribution in [0.4, 0.5) is 5.69 Å². The first-order chi connectivity index (χ1) is 18.7. The van der Waals surface area contributed by atoms with Crippen molar-refractivity contribution in [1.82, 2.24) is 9.80 Å². The molecule has 1 heterocycles. The molecule has 1 unspecified atom stereocenters. The summed E-state index contributed by atoms with van der Waals surface area (Å²) < 4.78 is 0. The van der Waals surface area contributed by atoms with E-state index in [4.69, 9.17) is 0 Å². The van der Waals surface area contributed by atoms with Gasteiger partial charge in [0.25, 0.3) is 17.4 Å². The highest BCUT2D eigenvalue weighted by Gasteiger charge is 2.45. The standard InChI is InChI=1S/C31H41N3O5/c1-5-7-17-32(18-8-6-2)19-10-20-33-28(24-15-13-23(14-16-24)22(3)4)27(30(36)31(33)37)29(35)25-11-9-12-26(21-25)34(38)39/h9,11-16,21-22,28,35H,5-8,10,17-20H2,1-4H3/b29-27-. The van der Waals surface area contributed by atoms with E-state index < -0.39 is 28.4 Å². The van der Waals surface area contributed by atoms with Crippen LogP contribution < -0.4 is 0 Å². The lowest BCUT2D eigenvalue weighted by Crippen LogP contribution is -2.34. The zero-order valence-electron chi connectivity index (χ0n) is 23.6. The first-order valence-corrected chi connectivity index (χ1v) is 14.0. The zero-order valence-corrected chi connectivity index (χ0v) is 23.6. The molecular formula is C31H41N3O5. The number of nitro benzene ring substituents is 1. The van der Waals surface area contributed by atoms with Crippen LogP contribution in [0.25, 0.3) is 5.76 Å². The quantitative estimate of drug-likeness (QED) is 0.0982. The molecule has 0 radical (unpaired) electrons. The number of hydrogen-bond acceptors (Lipinski definition) is 6. The van der Waals surface area contributed by atoms with Gasteiger partial charge in [-0.25, -0.2) is 0 Å². The molecular weight excluding hydrogens is 494 g/mol. The second-order valence-electron chi connectivity index (χ2n) is 10.5. The van der Waals surface area contributed by atoms with Crippen molar-refractivity contribution >= 4 is 23.1 Å². The van der Waals surface area contributed by atoms with Crippen molar-refractivity contribution in [2.75, 3.05) is 26.2 Å². The van der Waals surface area contributed by atoms with E-state index in [2.05, 4.69) is 32.6 Å². The minimum atomic E-state index is -0.773. The largest absolute Gasteiger partial charge is 0.507 e. The third-order valence-corrected chi connectivity index (χ3v) is 7.32. The molecule has 1 aliphatic rings. The summed E-state index contributed by atoms with van der Waals surface area (Å²) in [4.78, 5) is 41.4. The average molecular weight is 536 g/mol. The lowest BCUT2D eigenvalue weighted by molar-refractivity contribution is -0.384. The number of non-ortho nitro benzene ring substituents is 1. The van der Waals surface area contributed by atoms with E-state index >= 15 is 0 Å². The highest BCUT2D eigenvalue weighted by atomic mass is 16.6. The number of unbranched alkanes of at least 4 members (excludes halogenated alkanes) is 2. The van der Waals surface area contributed by atoms with E-state index in [9.17, 15) is 24.8 Å². The molecule has 210 valence electrons. The molecule has 1 fully saturated rings. The van der Waals surface area contributed by atoms with Crippen LogP contribution in [0.2, 0.25) is 0 Å². The molecule has 1 amide bonds.